The maximum Gasteiger partial charge on any atom is 0.0882 e. The van der Waals surface area contributed by atoms with E-state index >= 15 is 0 Å². The van der Waals surface area contributed by atoms with Crippen LogP contribution in [0.5, 0.6) is 0 Å². The summed E-state index contributed by atoms with van der Waals surface area (Å²) in [7, 11) is 0. The van der Waals surface area contributed by atoms with Gasteiger partial charge in [0.05, 0.1) is 6.10 Å². The third-order valence-corrected chi connectivity index (χ3v) is 3.25. The molecule has 0 aliphatic heterocycles. The average Bonchev–Trinajstić information content (AvgIpc) is 2.52. The Balaban J connectivity index is 2.61. The zero-order chi connectivity index (χ0) is 8.97. The molecule has 1 aromatic heterocycles. The van der Waals surface area contributed by atoms with Crippen molar-refractivity contribution in [2.75, 3.05) is 0 Å². The second-order valence-electron chi connectivity index (χ2n) is 2.96. The fraction of sp³-hybridized carbons (Fsp3) is 0.600. The maximum absolute atomic E-state index is 9.64. The summed E-state index contributed by atoms with van der Waals surface area (Å²) >= 11 is 1.73. The summed E-state index contributed by atoms with van der Waals surface area (Å²) in [5, 5.41) is 9.64. The van der Waals surface area contributed by atoms with Gasteiger partial charge in [-0.2, -0.15) is 0 Å². The molecule has 1 aromatic rings. The lowest BCUT2D eigenvalue weighted by molar-refractivity contribution is 0.170. The Labute approximate surface area is 78.1 Å². The minimum absolute atomic E-state index is 0.236. The molecule has 1 heterocycles. The van der Waals surface area contributed by atoms with Gasteiger partial charge in [0.15, 0.2) is 0 Å². The molecular weight excluding hydrogens is 168 g/mol. The predicted octanol–water partition coefficient (Wildman–Crippen LogP) is 3.14. The summed E-state index contributed by atoms with van der Waals surface area (Å²) in [6.45, 7) is 4.24. The lowest BCUT2D eigenvalue weighted by atomic mass is 10.2. The largest absolute Gasteiger partial charge is 0.388 e. The van der Waals surface area contributed by atoms with Crippen LogP contribution < -0.4 is 0 Å². The van der Waals surface area contributed by atoms with Gasteiger partial charge in [-0.25, -0.2) is 0 Å². The van der Waals surface area contributed by atoms with Gasteiger partial charge in [-0.15, -0.1) is 11.3 Å². The number of aliphatic hydroxyl groups excluding tert-OH is 1. The van der Waals surface area contributed by atoms with Crippen LogP contribution in [0.25, 0.3) is 0 Å². The highest BCUT2D eigenvalue weighted by Crippen LogP contribution is 2.26. The highest BCUT2D eigenvalue weighted by molar-refractivity contribution is 7.12. The van der Waals surface area contributed by atoms with Gasteiger partial charge in [0.1, 0.15) is 0 Å². The first kappa shape index (κ1) is 9.75. The molecule has 2 heteroatoms. The van der Waals surface area contributed by atoms with E-state index in [1.807, 2.05) is 6.07 Å². The van der Waals surface area contributed by atoms with Crippen LogP contribution >= 0.6 is 11.3 Å². The van der Waals surface area contributed by atoms with Crippen LogP contribution in [0.1, 0.15) is 42.5 Å². The monoisotopic (exact) mass is 184 g/mol. The molecule has 0 radical (unpaired) electrons. The third kappa shape index (κ3) is 2.32. The van der Waals surface area contributed by atoms with Gasteiger partial charge in [0.25, 0.3) is 0 Å². The Morgan fingerprint density at radius 1 is 1.42 bits per heavy atom. The van der Waals surface area contributed by atoms with Gasteiger partial charge in [0.2, 0.25) is 0 Å². The van der Waals surface area contributed by atoms with Crippen molar-refractivity contribution in [1.29, 1.82) is 0 Å². The third-order valence-electron chi connectivity index (χ3n) is 1.92. The first-order chi connectivity index (χ1) is 5.77. The minimum Gasteiger partial charge on any atom is -0.388 e. The molecule has 0 aliphatic carbocycles. The van der Waals surface area contributed by atoms with Crippen LogP contribution in [0.3, 0.4) is 0 Å². The van der Waals surface area contributed by atoms with E-state index in [9.17, 15) is 5.11 Å². The summed E-state index contributed by atoms with van der Waals surface area (Å²) in [5.41, 5.74) is 0. The molecule has 0 aliphatic rings. The predicted molar refractivity (Wildman–Crippen MR) is 53.6 cm³/mol. The highest BCUT2D eigenvalue weighted by atomic mass is 32.1. The average molecular weight is 184 g/mol. The molecule has 0 aromatic carbocycles. The fourth-order valence-electron chi connectivity index (χ4n) is 1.18. The van der Waals surface area contributed by atoms with Crippen LogP contribution in [0, 0.1) is 0 Å². The van der Waals surface area contributed by atoms with Gasteiger partial charge < -0.3 is 5.11 Å². The molecule has 1 rings (SSSR count). The molecule has 68 valence electrons. The summed E-state index contributed by atoms with van der Waals surface area (Å²) in [6.07, 6.45) is 2.76. The second kappa shape index (κ2) is 4.63. The number of hydrogen-bond donors (Lipinski definition) is 1. The van der Waals surface area contributed by atoms with Gasteiger partial charge in [-0.1, -0.05) is 20.3 Å². The second-order valence-corrected chi connectivity index (χ2v) is 4.16. The SMILES string of the molecule is CCCC(O)c1ccc(CC)s1. The molecule has 1 unspecified atom stereocenters. The van der Waals surface area contributed by atoms with Crippen LogP contribution in [-0.4, -0.2) is 5.11 Å². The lowest BCUT2D eigenvalue weighted by Crippen LogP contribution is -1.91. The summed E-state index contributed by atoms with van der Waals surface area (Å²) in [4.78, 5) is 2.48. The van der Waals surface area contributed by atoms with Crippen molar-refractivity contribution in [1.82, 2.24) is 0 Å². The van der Waals surface area contributed by atoms with Crippen molar-refractivity contribution in [3.05, 3.63) is 21.9 Å². The van der Waals surface area contributed by atoms with E-state index in [-0.39, 0.29) is 6.10 Å². The van der Waals surface area contributed by atoms with E-state index < -0.39 is 0 Å². The molecular formula is C10H16OS. The molecule has 0 saturated heterocycles. The van der Waals surface area contributed by atoms with Crippen molar-refractivity contribution < 1.29 is 5.11 Å². The van der Waals surface area contributed by atoms with Crippen LogP contribution in [0.4, 0.5) is 0 Å². The first-order valence-corrected chi connectivity index (χ1v) is 5.36. The molecule has 1 atom stereocenters. The Kier molecular flexibility index (Phi) is 3.76. The Morgan fingerprint density at radius 3 is 2.67 bits per heavy atom. The summed E-state index contributed by atoms with van der Waals surface area (Å²) in [5.74, 6) is 0. The van der Waals surface area contributed by atoms with Crippen LogP contribution in [-0.2, 0) is 6.42 Å². The first-order valence-electron chi connectivity index (χ1n) is 4.54. The minimum atomic E-state index is -0.236. The molecule has 0 bridgehead atoms. The van der Waals surface area contributed by atoms with Crippen LogP contribution in [0.2, 0.25) is 0 Å². The zero-order valence-corrected chi connectivity index (χ0v) is 8.53. The van der Waals surface area contributed by atoms with Crippen molar-refractivity contribution >= 4 is 11.3 Å². The van der Waals surface area contributed by atoms with E-state index in [1.54, 1.807) is 11.3 Å². The number of thiophene rings is 1. The van der Waals surface area contributed by atoms with E-state index in [0.717, 1.165) is 24.1 Å². The topological polar surface area (TPSA) is 20.2 Å². The standard InChI is InChI=1S/C10H16OS/c1-3-5-9(11)10-7-6-8(4-2)12-10/h6-7,9,11H,3-5H2,1-2H3. The van der Waals surface area contributed by atoms with Gasteiger partial charge in [-0.3, -0.25) is 0 Å². The van der Waals surface area contributed by atoms with E-state index in [4.69, 9.17) is 0 Å². The molecule has 1 N–H and O–H groups in total. The van der Waals surface area contributed by atoms with Gasteiger partial charge >= 0.3 is 0 Å². The number of rotatable bonds is 4. The van der Waals surface area contributed by atoms with E-state index in [0.29, 0.717) is 0 Å². The normalized spacial score (nSPS) is 13.2. The van der Waals surface area contributed by atoms with Gasteiger partial charge in [-0.05, 0) is 25.0 Å². The molecule has 12 heavy (non-hydrogen) atoms. The quantitative estimate of drug-likeness (QED) is 0.762. The molecule has 0 saturated carbocycles. The lowest BCUT2D eigenvalue weighted by Gasteiger charge is -2.04. The molecule has 0 spiro atoms. The van der Waals surface area contributed by atoms with Crippen molar-refractivity contribution in [3.8, 4) is 0 Å². The van der Waals surface area contributed by atoms with Crippen molar-refractivity contribution in [3.63, 3.8) is 0 Å². The van der Waals surface area contributed by atoms with Crippen molar-refractivity contribution in [2.24, 2.45) is 0 Å². The Morgan fingerprint density at radius 2 is 2.17 bits per heavy atom. The number of hydrogen-bond acceptors (Lipinski definition) is 2. The van der Waals surface area contributed by atoms with E-state index in [2.05, 4.69) is 19.9 Å². The molecule has 0 amide bonds. The molecule has 1 nitrogen and oxygen atoms in total. The number of aryl methyl sites for hydroxylation is 1. The smallest absolute Gasteiger partial charge is 0.0882 e. The van der Waals surface area contributed by atoms with Crippen LogP contribution in [0.15, 0.2) is 12.1 Å². The summed E-state index contributed by atoms with van der Waals surface area (Å²) < 4.78 is 0. The Bertz CT molecular complexity index is 229. The van der Waals surface area contributed by atoms with Crippen molar-refractivity contribution in [2.45, 2.75) is 39.2 Å². The maximum atomic E-state index is 9.64. The van der Waals surface area contributed by atoms with Gasteiger partial charge in [0, 0.05) is 9.75 Å². The highest BCUT2D eigenvalue weighted by Gasteiger charge is 2.08. The summed E-state index contributed by atoms with van der Waals surface area (Å²) in [6, 6.07) is 4.16. The fourth-order valence-corrected chi connectivity index (χ4v) is 2.15. The molecule has 0 fully saturated rings. The Hall–Kier alpha value is -0.340. The van der Waals surface area contributed by atoms with E-state index in [1.165, 1.54) is 4.88 Å². The number of aliphatic hydroxyl groups is 1. The zero-order valence-electron chi connectivity index (χ0n) is 7.71.